The molecule has 28 heavy (non-hydrogen) atoms. The maximum atomic E-state index is 12.5. The number of hydrogen-bond donors (Lipinski definition) is 1. The van der Waals surface area contributed by atoms with E-state index in [4.69, 9.17) is 13.7 Å². The molecule has 1 N–H and O–H groups in total. The Morgan fingerprint density at radius 3 is 2.75 bits per heavy atom. The first-order valence-electron chi connectivity index (χ1n) is 9.04. The lowest BCUT2D eigenvalue weighted by Crippen LogP contribution is -2.32. The third kappa shape index (κ3) is 3.45. The fraction of sp³-hybridized carbons (Fsp3) is 0.350. The highest BCUT2D eigenvalue weighted by molar-refractivity contribution is 7.86. The number of benzene rings is 2. The standard InChI is InChI=1S/C20H20O7S/c1-12-5-2-6-13(11-12)28(23,24)27-20(19(21)22)26-17-10-4-8-15-14-7-3-9-16(14)25-18(15)17/h2,4-6,8,10-11,14,16,20H,3,7,9H2,1H3,(H,21,22). The van der Waals surface area contributed by atoms with Gasteiger partial charge in [0.1, 0.15) is 6.10 Å². The molecule has 0 saturated heterocycles. The lowest BCUT2D eigenvalue weighted by Gasteiger charge is -2.18. The molecule has 2 aromatic carbocycles. The summed E-state index contributed by atoms with van der Waals surface area (Å²) in [4.78, 5) is 11.5. The second-order valence-corrected chi connectivity index (χ2v) is 8.60. The Morgan fingerprint density at radius 2 is 2.00 bits per heavy atom. The van der Waals surface area contributed by atoms with E-state index in [-0.39, 0.29) is 22.7 Å². The van der Waals surface area contributed by atoms with Gasteiger partial charge in [-0.05, 0) is 49.9 Å². The molecule has 0 spiro atoms. The van der Waals surface area contributed by atoms with Crippen LogP contribution < -0.4 is 9.47 Å². The number of carbonyl (C=O) groups is 1. The van der Waals surface area contributed by atoms with Crippen molar-refractivity contribution >= 4 is 16.1 Å². The van der Waals surface area contributed by atoms with Gasteiger partial charge in [-0.3, -0.25) is 0 Å². The molecule has 0 radical (unpaired) electrons. The van der Waals surface area contributed by atoms with Crippen LogP contribution in [0.4, 0.5) is 0 Å². The van der Waals surface area contributed by atoms with Crippen molar-refractivity contribution in [2.45, 2.75) is 49.4 Å². The number of rotatable bonds is 6. The van der Waals surface area contributed by atoms with Crippen LogP contribution in [-0.2, 0) is 19.1 Å². The minimum Gasteiger partial charge on any atom is -0.486 e. The van der Waals surface area contributed by atoms with Gasteiger partial charge in [0, 0.05) is 11.5 Å². The van der Waals surface area contributed by atoms with Gasteiger partial charge in [0.15, 0.2) is 11.5 Å². The van der Waals surface area contributed by atoms with Crippen LogP contribution in [0.15, 0.2) is 47.4 Å². The molecule has 0 aromatic heterocycles. The second-order valence-electron chi connectivity index (χ2n) is 7.02. The summed E-state index contributed by atoms with van der Waals surface area (Å²) < 4.78 is 41.3. The Morgan fingerprint density at radius 1 is 1.21 bits per heavy atom. The van der Waals surface area contributed by atoms with Crippen molar-refractivity contribution in [3.8, 4) is 11.5 Å². The Bertz CT molecular complexity index is 1010. The highest BCUT2D eigenvalue weighted by Gasteiger charge is 2.40. The van der Waals surface area contributed by atoms with Crippen LogP contribution in [0.3, 0.4) is 0 Å². The fourth-order valence-corrected chi connectivity index (χ4v) is 4.82. The van der Waals surface area contributed by atoms with Crippen molar-refractivity contribution in [3.05, 3.63) is 53.6 Å². The Balaban J connectivity index is 1.59. The SMILES string of the molecule is Cc1cccc(S(=O)(=O)OC(Oc2cccc3c2OC2CCCC32)C(=O)O)c1. The number of aryl methyl sites for hydroxylation is 1. The van der Waals surface area contributed by atoms with Crippen molar-refractivity contribution < 1.29 is 32.0 Å². The topological polar surface area (TPSA) is 99.1 Å². The highest BCUT2D eigenvalue weighted by Crippen LogP contribution is 2.50. The summed E-state index contributed by atoms with van der Waals surface area (Å²) in [5, 5.41) is 9.45. The van der Waals surface area contributed by atoms with E-state index in [9.17, 15) is 18.3 Å². The molecule has 2 aliphatic rings. The molecule has 3 unspecified atom stereocenters. The van der Waals surface area contributed by atoms with Crippen molar-refractivity contribution in [1.29, 1.82) is 0 Å². The molecule has 1 fully saturated rings. The van der Waals surface area contributed by atoms with E-state index >= 15 is 0 Å². The summed E-state index contributed by atoms with van der Waals surface area (Å²) in [5.41, 5.74) is 1.67. The largest absolute Gasteiger partial charge is 0.486 e. The predicted octanol–water partition coefficient (Wildman–Crippen LogP) is 3.22. The molecule has 4 rings (SSSR count). The quantitative estimate of drug-likeness (QED) is 0.583. The van der Waals surface area contributed by atoms with Crippen molar-refractivity contribution in [1.82, 2.24) is 0 Å². The molecule has 3 atom stereocenters. The Labute approximate surface area is 163 Å². The van der Waals surface area contributed by atoms with Gasteiger partial charge in [0.2, 0.25) is 0 Å². The lowest BCUT2D eigenvalue weighted by molar-refractivity contribution is -0.158. The smallest absolute Gasteiger partial charge is 0.375 e. The number of hydrogen-bond acceptors (Lipinski definition) is 6. The third-order valence-electron chi connectivity index (χ3n) is 5.06. The van der Waals surface area contributed by atoms with Crippen LogP contribution in [-0.4, -0.2) is 31.9 Å². The molecular formula is C20H20O7S. The maximum Gasteiger partial charge on any atom is 0.375 e. The van der Waals surface area contributed by atoms with E-state index in [0.717, 1.165) is 24.8 Å². The monoisotopic (exact) mass is 404 g/mol. The Hall–Kier alpha value is -2.58. The average Bonchev–Trinajstić information content (AvgIpc) is 3.23. The fourth-order valence-electron chi connectivity index (χ4n) is 3.79. The summed E-state index contributed by atoms with van der Waals surface area (Å²) in [6.45, 7) is 1.73. The molecule has 7 nitrogen and oxygen atoms in total. The summed E-state index contributed by atoms with van der Waals surface area (Å²) in [6.07, 6.45) is 1.04. The number of aliphatic carboxylic acids is 1. The maximum absolute atomic E-state index is 12.5. The summed E-state index contributed by atoms with van der Waals surface area (Å²) in [7, 11) is -4.32. The van der Waals surface area contributed by atoms with Crippen LogP contribution in [0.25, 0.3) is 0 Å². The molecule has 8 heteroatoms. The van der Waals surface area contributed by atoms with Crippen LogP contribution in [0.1, 0.15) is 36.3 Å². The van der Waals surface area contributed by atoms with E-state index in [1.54, 1.807) is 31.2 Å². The highest BCUT2D eigenvalue weighted by atomic mass is 32.2. The molecule has 1 heterocycles. The molecule has 1 saturated carbocycles. The van der Waals surface area contributed by atoms with Crippen LogP contribution in [0, 0.1) is 6.92 Å². The minimum atomic E-state index is -4.32. The molecule has 148 valence electrons. The number of ether oxygens (including phenoxy) is 2. The molecule has 0 amide bonds. The first kappa shape index (κ1) is 18.8. The second kappa shape index (κ2) is 7.10. The molecule has 1 aliphatic carbocycles. The van der Waals surface area contributed by atoms with E-state index in [1.807, 2.05) is 6.07 Å². The van der Waals surface area contributed by atoms with Gasteiger partial charge < -0.3 is 14.6 Å². The lowest BCUT2D eigenvalue weighted by atomic mass is 9.97. The normalized spacial score (nSPS) is 21.5. The molecule has 0 bridgehead atoms. The van der Waals surface area contributed by atoms with Gasteiger partial charge in [-0.15, -0.1) is 0 Å². The van der Waals surface area contributed by atoms with E-state index in [2.05, 4.69) is 0 Å². The zero-order valence-corrected chi connectivity index (χ0v) is 16.0. The number of carboxylic acids is 1. The average molecular weight is 404 g/mol. The zero-order valence-electron chi connectivity index (χ0n) is 15.2. The predicted molar refractivity (Wildman–Crippen MR) is 99.0 cm³/mol. The first-order chi connectivity index (χ1) is 13.3. The van der Waals surface area contributed by atoms with E-state index in [0.29, 0.717) is 11.3 Å². The number of carboxylic acid groups (broad SMARTS) is 1. The number of fused-ring (bicyclic) bond motifs is 3. The van der Waals surface area contributed by atoms with E-state index in [1.165, 1.54) is 12.1 Å². The third-order valence-corrected chi connectivity index (χ3v) is 6.32. The molecule has 1 aliphatic heterocycles. The van der Waals surface area contributed by atoms with Gasteiger partial charge in [-0.1, -0.05) is 24.3 Å². The van der Waals surface area contributed by atoms with Gasteiger partial charge in [-0.2, -0.15) is 8.42 Å². The summed E-state index contributed by atoms with van der Waals surface area (Å²) >= 11 is 0. The molecular weight excluding hydrogens is 384 g/mol. The van der Waals surface area contributed by atoms with Crippen molar-refractivity contribution in [3.63, 3.8) is 0 Å². The Kier molecular flexibility index (Phi) is 4.76. The zero-order chi connectivity index (χ0) is 19.9. The van der Waals surface area contributed by atoms with Crippen molar-refractivity contribution in [2.75, 3.05) is 0 Å². The molecule has 2 aromatic rings. The van der Waals surface area contributed by atoms with Gasteiger partial charge in [0.05, 0.1) is 4.90 Å². The first-order valence-corrected chi connectivity index (χ1v) is 10.4. The van der Waals surface area contributed by atoms with Gasteiger partial charge in [-0.25, -0.2) is 8.98 Å². The van der Waals surface area contributed by atoms with Crippen molar-refractivity contribution in [2.24, 2.45) is 0 Å². The van der Waals surface area contributed by atoms with Crippen LogP contribution in [0.2, 0.25) is 0 Å². The van der Waals surface area contributed by atoms with Crippen LogP contribution in [0.5, 0.6) is 11.5 Å². The summed E-state index contributed by atoms with van der Waals surface area (Å²) in [6, 6.07) is 11.2. The van der Waals surface area contributed by atoms with Crippen LogP contribution >= 0.6 is 0 Å². The minimum absolute atomic E-state index is 0.0555. The summed E-state index contributed by atoms with van der Waals surface area (Å²) in [5.74, 6) is -0.649. The number of para-hydroxylation sites is 1. The van der Waals surface area contributed by atoms with Gasteiger partial charge in [0.25, 0.3) is 0 Å². The van der Waals surface area contributed by atoms with E-state index < -0.39 is 22.4 Å². The van der Waals surface area contributed by atoms with Gasteiger partial charge >= 0.3 is 22.4 Å².